The van der Waals surface area contributed by atoms with Crippen LogP contribution in [-0.4, -0.2) is 30.5 Å². The number of amides is 1. The number of carbonyl (C=O) groups is 2. The van der Waals surface area contributed by atoms with E-state index in [1.54, 1.807) is 5.38 Å². The van der Waals surface area contributed by atoms with Gasteiger partial charge in [-0.15, -0.1) is 11.3 Å². The molecule has 1 rings (SSSR count). The van der Waals surface area contributed by atoms with Crippen molar-refractivity contribution in [1.29, 1.82) is 0 Å². The van der Waals surface area contributed by atoms with E-state index in [0.717, 1.165) is 0 Å². The number of nitrogens with zero attached hydrogens (tertiary/aromatic N) is 1. The van der Waals surface area contributed by atoms with E-state index in [1.165, 1.54) is 25.4 Å². The molecule has 0 fully saturated rings. The Morgan fingerprint density at radius 1 is 1.59 bits per heavy atom. The zero-order valence-electron chi connectivity index (χ0n) is 9.57. The zero-order valence-corrected chi connectivity index (χ0v) is 10.4. The normalized spacial score (nSPS) is 9.06. The monoisotopic (exact) mass is 252 g/mol. The van der Waals surface area contributed by atoms with Crippen molar-refractivity contribution in [3.8, 4) is 11.8 Å². The third-order valence-corrected chi connectivity index (χ3v) is 2.48. The van der Waals surface area contributed by atoms with Crippen molar-refractivity contribution in [2.45, 2.75) is 13.3 Å². The molecular weight excluding hydrogens is 240 g/mol. The summed E-state index contributed by atoms with van der Waals surface area (Å²) in [6.07, 6.45) is 0.548. The Hall–Kier alpha value is -1.87. The maximum absolute atomic E-state index is 11.1. The number of esters is 1. The maximum atomic E-state index is 11.1. The first-order valence-electron chi connectivity index (χ1n) is 4.90. The lowest BCUT2D eigenvalue weighted by molar-refractivity contribution is -0.118. The minimum absolute atomic E-state index is 0.0750. The van der Waals surface area contributed by atoms with Gasteiger partial charge in [0.15, 0.2) is 10.7 Å². The van der Waals surface area contributed by atoms with Crippen molar-refractivity contribution in [3.63, 3.8) is 0 Å². The third-order valence-electron chi connectivity index (χ3n) is 1.72. The van der Waals surface area contributed by atoms with Gasteiger partial charge in [-0.1, -0.05) is 5.92 Å². The number of hydrogen-bond donors (Lipinski definition) is 1. The summed E-state index contributed by atoms with van der Waals surface area (Å²) in [4.78, 5) is 25.7. The summed E-state index contributed by atoms with van der Waals surface area (Å²) in [5.41, 5.74) is 0.267. The van der Waals surface area contributed by atoms with Crippen LogP contribution in [0.25, 0.3) is 0 Å². The summed E-state index contributed by atoms with van der Waals surface area (Å²) in [5.74, 6) is 5.13. The van der Waals surface area contributed by atoms with Gasteiger partial charge < -0.3 is 10.1 Å². The van der Waals surface area contributed by atoms with Crippen LogP contribution >= 0.6 is 11.3 Å². The van der Waals surface area contributed by atoms with E-state index in [4.69, 9.17) is 0 Å². The molecule has 0 bridgehead atoms. The van der Waals surface area contributed by atoms with Crippen LogP contribution in [0, 0.1) is 11.8 Å². The quantitative estimate of drug-likeness (QED) is 0.491. The molecule has 0 radical (unpaired) electrons. The number of aromatic nitrogens is 1. The second kappa shape index (κ2) is 6.66. The molecule has 1 N–H and O–H groups in total. The number of nitrogens with one attached hydrogen (secondary N) is 1. The summed E-state index contributed by atoms with van der Waals surface area (Å²) >= 11 is 1.28. The van der Waals surface area contributed by atoms with Gasteiger partial charge in [0.2, 0.25) is 5.91 Å². The Morgan fingerprint density at radius 2 is 2.35 bits per heavy atom. The summed E-state index contributed by atoms with van der Waals surface area (Å²) in [6.45, 7) is 1.97. The largest absolute Gasteiger partial charge is 0.464 e. The summed E-state index contributed by atoms with van der Waals surface area (Å²) in [6, 6.07) is 0. The third kappa shape index (κ3) is 4.66. The van der Waals surface area contributed by atoms with Crippen LogP contribution in [0.3, 0.4) is 0 Å². The molecule has 0 saturated heterocycles. The van der Waals surface area contributed by atoms with Gasteiger partial charge in [-0.05, 0) is 5.92 Å². The van der Waals surface area contributed by atoms with Crippen molar-refractivity contribution in [1.82, 2.24) is 10.3 Å². The topological polar surface area (TPSA) is 68.3 Å². The summed E-state index contributed by atoms with van der Waals surface area (Å²) in [7, 11) is 1.31. The fraction of sp³-hybridized carbons (Fsp3) is 0.364. The smallest absolute Gasteiger partial charge is 0.357 e. The van der Waals surface area contributed by atoms with Gasteiger partial charge in [0.05, 0.1) is 7.11 Å². The van der Waals surface area contributed by atoms with Gasteiger partial charge in [0.25, 0.3) is 0 Å². The molecule has 1 heterocycles. The predicted octanol–water partition coefficient (Wildman–Crippen LogP) is 0.807. The lowest BCUT2D eigenvalue weighted by Gasteiger charge is -1.94. The second-order valence-corrected chi connectivity index (χ2v) is 3.92. The first-order valence-corrected chi connectivity index (χ1v) is 5.78. The van der Waals surface area contributed by atoms with Crippen molar-refractivity contribution < 1.29 is 14.3 Å². The van der Waals surface area contributed by atoms with Crippen molar-refractivity contribution in [2.75, 3.05) is 13.7 Å². The van der Waals surface area contributed by atoms with Gasteiger partial charge in [-0.3, -0.25) is 4.79 Å². The predicted molar refractivity (Wildman–Crippen MR) is 63.6 cm³/mol. The molecule has 0 saturated carbocycles. The van der Waals surface area contributed by atoms with E-state index >= 15 is 0 Å². The van der Waals surface area contributed by atoms with Gasteiger partial charge in [-0.2, -0.15) is 0 Å². The molecule has 5 nitrogen and oxygen atoms in total. The van der Waals surface area contributed by atoms with Gasteiger partial charge in [-0.25, -0.2) is 9.78 Å². The first-order chi connectivity index (χ1) is 8.13. The highest BCUT2D eigenvalue weighted by atomic mass is 32.1. The minimum Gasteiger partial charge on any atom is -0.464 e. The number of rotatable bonds is 3. The molecule has 90 valence electrons. The van der Waals surface area contributed by atoms with E-state index in [1.807, 2.05) is 0 Å². The Balaban J connectivity index is 2.46. The van der Waals surface area contributed by atoms with Crippen LogP contribution in [0.4, 0.5) is 0 Å². The molecule has 1 aromatic rings. The average molecular weight is 252 g/mol. The van der Waals surface area contributed by atoms with Gasteiger partial charge in [0, 0.05) is 25.3 Å². The van der Waals surface area contributed by atoms with E-state index in [9.17, 15) is 9.59 Å². The Labute approximate surface area is 103 Å². The second-order valence-electron chi connectivity index (χ2n) is 3.06. The molecule has 0 aliphatic rings. The molecule has 0 aromatic carbocycles. The highest BCUT2D eigenvalue weighted by Crippen LogP contribution is 2.09. The summed E-state index contributed by atoms with van der Waals surface area (Å²) in [5, 5.41) is 4.80. The number of ether oxygens (including phenoxy) is 1. The van der Waals surface area contributed by atoms with E-state index in [2.05, 4.69) is 26.9 Å². The molecule has 0 atom stereocenters. The maximum Gasteiger partial charge on any atom is 0.357 e. The lowest BCUT2D eigenvalue weighted by Crippen LogP contribution is -2.20. The highest BCUT2D eigenvalue weighted by molar-refractivity contribution is 7.10. The number of thiazole rings is 1. The van der Waals surface area contributed by atoms with Crippen LogP contribution in [-0.2, 0) is 9.53 Å². The average Bonchev–Trinajstić information content (AvgIpc) is 2.76. The van der Waals surface area contributed by atoms with Crippen molar-refractivity contribution in [3.05, 3.63) is 16.1 Å². The Morgan fingerprint density at radius 3 is 3.00 bits per heavy atom. The molecule has 0 spiro atoms. The Bertz CT molecular complexity index is 471. The van der Waals surface area contributed by atoms with Gasteiger partial charge in [0.1, 0.15) is 0 Å². The van der Waals surface area contributed by atoms with Crippen LogP contribution in [0.5, 0.6) is 0 Å². The summed E-state index contributed by atoms with van der Waals surface area (Å²) < 4.78 is 4.53. The fourth-order valence-electron chi connectivity index (χ4n) is 0.969. The zero-order chi connectivity index (χ0) is 12.7. The molecule has 1 aromatic heterocycles. The standard InChI is InChI=1S/C11H12N2O3S/c1-8(14)12-6-4-3-5-10-13-9(7-17-10)11(15)16-2/h7H,4,6H2,1-2H3,(H,12,14). The Kier molecular flexibility index (Phi) is 5.17. The van der Waals surface area contributed by atoms with Crippen molar-refractivity contribution in [2.24, 2.45) is 0 Å². The van der Waals surface area contributed by atoms with E-state index in [-0.39, 0.29) is 11.6 Å². The van der Waals surface area contributed by atoms with Gasteiger partial charge >= 0.3 is 5.97 Å². The number of methoxy groups -OCH3 is 1. The van der Waals surface area contributed by atoms with E-state index < -0.39 is 5.97 Å². The van der Waals surface area contributed by atoms with E-state index in [0.29, 0.717) is 18.0 Å². The lowest BCUT2D eigenvalue weighted by atomic mass is 10.4. The minimum atomic E-state index is -0.465. The molecule has 1 amide bonds. The first kappa shape index (κ1) is 13.2. The molecule has 0 aliphatic heterocycles. The van der Waals surface area contributed by atoms with Crippen molar-refractivity contribution >= 4 is 23.2 Å². The molecule has 0 aliphatic carbocycles. The molecule has 0 unspecified atom stereocenters. The van der Waals surface area contributed by atoms with Crippen LogP contribution in [0.2, 0.25) is 0 Å². The van der Waals surface area contributed by atoms with Crippen LogP contribution < -0.4 is 5.32 Å². The highest BCUT2D eigenvalue weighted by Gasteiger charge is 2.08. The fourth-order valence-corrected chi connectivity index (χ4v) is 1.62. The number of carbonyl (C=O) groups excluding carboxylic acids is 2. The van der Waals surface area contributed by atoms with Crippen LogP contribution in [0.15, 0.2) is 5.38 Å². The molecule has 17 heavy (non-hydrogen) atoms. The van der Waals surface area contributed by atoms with Crippen LogP contribution in [0.1, 0.15) is 28.8 Å². The molecular formula is C11H12N2O3S. The molecule has 6 heteroatoms. The number of hydrogen-bond acceptors (Lipinski definition) is 5. The SMILES string of the molecule is COC(=O)c1csc(C#CCCNC(C)=O)n1.